The molecule has 0 spiro atoms. The zero-order valence-electron chi connectivity index (χ0n) is 13.6. The average molecular weight is 346 g/mol. The van der Waals surface area contributed by atoms with Crippen LogP contribution in [0.4, 0.5) is 5.69 Å². The van der Waals surface area contributed by atoms with Crippen LogP contribution in [0.5, 0.6) is 0 Å². The van der Waals surface area contributed by atoms with E-state index in [0.717, 1.165) is 0 Å². The molecule has 25 heavy (non-hydrogen) atoms. The van der Waals surface area contributed by atoms with Crippen molar-refractivity contribution < 1.29 is 33.0 Å². The number of rotatable bonds is 3. The maximum Gasteiger partial charge on any atom is 0.394 e. The van der Waals surface area contributed by atoms with Crippen LogP contribution in [0.25, 0.3) is 11.1 Å². The second kappa shape index (κ2) is 5.93. The van der Waals surface area contributed by atoms with E-state index in [9.17, 15) is 14.4 Å². The minimum Gasteiger partial charge on any atom is -0.462 e. The number of hydrogen-bond acceptors (Lipinski definition) is 9. The van der Waals surface area contributed by atoms with Gasteiger partial charge in [-0.15, -0.1) is 0 Å². The van der Waals surface area contributed by atoms with Crippen molar-refractivity contribution in [2.45, 2.75) is 19.6 Å². The fraction of sp³-hybridized carbons (Fsp3) is 0.250. The van der Waals surface area contributed by atoms with E-state index in [2.05, 4.69) is 15.0 Å². The molecule has 9 heteroatoms. The number of methoxy groups -OCH3 is 1. The van der Waals surface area contributed by atoms with Crippen LogP contribution in [0, 0.1) is 0 Å². The van der Waals surface area contributed by atoms with Gasteiger partial charge in [0.15, 0.2) is 11.2 Å². The van der Waals surface area contributed by atoms with Crippen LogP contribution in [0.1, 0.15) is 24.5 Å². The quantitative estimate of drug-likeness (QED) is 0.504. The number of aromatic nitrogens is 1. The van der Waals surface area contributed by atoms with Gasteiger partial charge in [-0.2, -0.15) is 0 Å². The van der Waals surface area contributed by atoms with Gasteiger partial charge in [-0.25, -0.2) is 19.4 Å². The molecule has 0 aliphatic carbocycles. The lowest BCUT2D eigenvalue weighted by Crippen LogP contribution is -2.42. The van der Waals surface area contributed by atoms with Gasteiger partial charge in [-0.05, 0) is 18.2 Å². The van der Waals surface area contributed by atoms with Gasteiger partial charge in [0.1, 0.15) is 5.52 Å². The monoisotopic (exact) mass is 346 g/mol. The Labute approximate surface area is 141 Å². The Hall–Kier alpha value is -3.36. The first kappa shape index (κ1) is 16.5. The maximum absolute atomic E-state index is 11.9. The molecule has 3 rings (SSSR count). The van der Waals surface area contributed by atoms with Gasteiger partial charge in [0.2, 0.25) is 0 Å². The van der Waals surface area contributed by atoms with Crippen molar-refractivity contribution in [2.24, 2.45) is 0 Å². The van der Waals surface area contributed by atoms with Crippen molar-refractivity contribution in [3.8, 4) is 0 Å². The Morgan fingerprint density at radius 3 is 2.56 bits per heavy atom. The van der Waals surface area contributed by atoms with E-state index in [-0.39, 0.29) is 11.5 Å². The largest absolute Gasteiger partial charge is 0.462 e. The summed E-state index contributed by atoms with van der Waals surface area (Å²) in [5.41, 5.74) is 1.03. The van der Waals surface area contributed by atoms with E-state index in [1.807, 2.05) is 0 Å². The molecule has 9 nitrogen and oxygen atoms in total. The van der Waals surface area contributed by atoms with Crippen molar-refractivity contribution in [3.05, 3.63) is 35.9 Å². The van der Waals surface area contributed by atoms with Crippen LogP contribution in [0.15, 0.2) is 34.4 Å². The molecule has 1 aliphatic heterocycles. The standard InChI is InChI=1S/C16H14N2O7/c1-16(2)24-13(19)9(14(20)25-16)7-17-8-4-5-11-10(6-8)18-12(23-11)15(21)22-3/h4-7,17H,1-3H3. The van der Waals surface area contributed by atoms with Gasteiger partial charge in [0.25, 0.3) is 5.79 Å². The van der Waals surface area contributed by atoms with Gasteiger partial charge in [0, 0.05) is 25.7 Å². The first-order valence-corrected chi connectivity index (χ1v) is 7.21. The Morgan fingerprint density at radius 2 is 1.92 bits per heavy atom. The molecule has 0 unspecified atom stereocenters. The number of cyclic esters (lactones) is 2. The number of oxazole rings is 1. The minimum atomic E-state index is -1.30. The third-order valence-electron chi connectivity index (χ3n) is 3.25. The number of nitrogens with zero attached hydrogens (tertiary/aromatic N) is 1. The number of hydrogen-bond donors (Lipinski definition) is 1. The fourth-order valence-corrected chi connectivity index (χ4v) is 2.13. The van der Waals surface area contributed by atoms with Crippen molar-refractivity contribution in [1.29, 1.82) is 0 Å². The normalized spacial score (nSPS) is 16.2. The van der Waals surface area contributed by atoms with E-state index < -0.39 is 23.7 Å². The van der Waals surface area contributed by atoms with Crippen molar-refractivity contribution in [2.75, 3.05) is 12.4 Å². The number of benzene rings is 1. The van der Waals surface area contributed by atoms with Gasteiger partial charge in [0.05, 0.1) is 7.11 Å². The summed E-state index contributed by atoms with van der Waals surface area (Å²) in [6.07, 6.45) is 1.18. The van der Waals surface area contributed by atoms with Crippen molar-refractivity contribution in [1.82, 2.24) is 4.98 Å². The van der Waals surface area contributed by atoms with Crippen LogP contribution >= 0.6 is 0 Å². The highest BCUT2D eigenvalue weighted by molar-refractivity contribution is 6.15. The highest BCUT2D eigenvalue weighted by atomic mass is 16.7. The Bertz CT molecular complexity index is 888. The third kappa shape index (κ3) is 3.30. The van der Waals surface area contributed by atoms with E-state index >= 15 is 0 Å². The lowest BCUT2D eigenvalue weighted by molar-refractivity contribution is -0.222. The summed E-state index contributed by atoms with van der Waals surface area (Å²) in [6, 6.07) is 4.77. The van der Waals surface area contributed by atoms with E-state index in [1.165, 1.54) is 27.2 Å². The minimum absolute atomic E-state index is 0.172. The molecule has 0 radical (unpaired) electrons. The first-order chi connectivity index (χ1) is 11.8. The van der Waals surface area contributed by atoms with E-state index in [4.69, 9.17) is 13.9 Å². The van der Waals surface area contributed by atoms with Gasteiger partial charge >= 0.3 is 23.8 Å². The Balaban J connectivity index is 1.82. The maximum atomic E-state index is 11.9. The fourth-order valence-electron chi connectivity index (χ4n) is 2.13. The van der Waals surface area contributed by atoms with Crippen molar-refractivity contribution >= 4 is 34.7 Å². The lowest BCUT2D eigenvalue weighted by atomic mass is 10.2. The summed E-state index contributed by atoms with van der Waals surface area (Å²) in [5.74, 6) is -3.73. The number of carbonyl (C=O) groups is 3. The summed E-state index contributed by atoms with van der Waals surface area (Å²) < 4.78 is 19.8. The molecule has 0 amide bonds. The predicted octanol–water partition coefficient (Wildman–Crippen LogP) is 1.75. The number of ether oxygens (including phenoxy) is 3. The predicted molar refractivity (Wildman–Crippen MR) is 83.3 cm³/mol. The first-order valence-electron chi connectivity index (χ1n) is 7.21. The second-order valence-electron chi connectivity index (χ2n) is 5.57. The summed E-state index contributed by atoms with van der Waals surface area (Å²) in [4.78, 5) is 39.1. The molecule has 2 aromatic rings. The van der Waals surface area contributed by atoms with Crippen LogP contribution in [0.3, 0.4) is 0 Å². The van der Waals surface area contributed by atoms with Crippen molar-refractivity contribution in [3.63, 3.8) is 0 Å². The van der Waals surface area contributed by atoms with Crippen LogP contribution in [0.2, 0.25) is 0 Å². The molecule has 1 aliphatic rings. The number of nitrogens with one attached hydrogen (secondary N) is 1. The summed E-state index contributed by atoms with van der Waals surface area (Å²) in [6.45, 7) is 2.93. The number of anilines is 1. The summed E-state index contributed by atoms with van der Waals surface area (Å²) in [7, 11) is 1.22. The smallest absolute Gasteiger partial charge is 0.394 e. The Morgan fingerprint density at radius 1 is 1.24 bits per heavy atom. The zero-order valence-corrected chi connectivity index (χ0v) is 13.6. The molecule has 1 fully saturated rings. The SMILES string of the molecule is COC(=O)c1nc2cc(NC=C3C(=O)OC(C)(C)OC3=O)ccc2o1. The molecular formula is C16H14N2O7. The number of fused-ring (bicyclic) bond motifs is 1. The molecule has 0 saturated carbocycles. The van der Waals surface area contributed by atoms with Gasteiger partial charge in [-0.1, -0.05) is 0 Å². The molecule has 1 aromatic carbocycles. The topological polar surface area (TPSA) is 117 Å². The number of esters is 3. The van der Waals surface area contributed by atoms with Gasteiger partial charge in [-0.3, -0.25) is 0 Å². The van der Waals surface area contributed by atoms with Crippen LogP contribution in [-0.4, -0.2) is 35.8 Å². The summed E-state index contributed by atoms with van der Waals surface area (Å²) in [5, 5.41) is 2.79. The molecular weight excluding hydrogens is 332 g/mol. The highest BCUT2D eigenvalue weighted by Gasteiger charge is 2.38. The molecule has 130 valence electrons. The van der Waals surface area contributed by atoms with E-state index in [1.54, 1.807) is 18.2 Å². The van der Waals surface area contributed by atoms with Gasteiger partial charge < -0.3 is 23.9 Å². The average Bonchev–Trinajstić information content (AvgIpc) is 2.95. The molecule has 2 heterocycles. The highest BCUT2D eigenvalue weighted by Crippen LogP contribution is 2.24. The Kier molecular flexibility index (Phi) is 3.91. The molecule has 0 bridgehead atoms. The lowest BCUT2D eigenvalue weighted by Gasteiger charge is -2.29. The second-order valence-corrected chi connectivity index (χ2v) is 5.57. The third-order valence-corrected chi connectivity index (χ3v) is 3.25. The van der Waals surface area contributed by atoms with E-state index in [0.29, 0.717) is 16.8 Å². The zero-order chi connectivity index (χ0) is 18.2. The van der Waals surface area contributed by atoms with Crippen LogP contribution < -0.4 is 5.32 Å². The molecule has 1 saturated heterocycles. The van der Waals surface area contributed by atoms with Crippen LogP contribution in [-0.2, 0) is 23.8 Å². The molecule has 1 aromatic heterocycles. The molecule has 0 atom stereocenters. The molecule has 1 N–H and O–H groups in total. The number of carbonyl (C=O) groups excluding carboxylic acids is 3. The summed E-state index contributed by atoms with van der Waals surface area (Å²) >= 11 is 0.